The van der Waals surface area contributed by atoms with Gasteiger partial charge in [0.05, 0.1) is 6.61 Å². The third-order valence-electron chi connectivity index (χ3n) is 5.95. The van der Waals surface area contributed by atoms with Crippen LogP contribution in [0.3, 0.4) is 0 Å². The topological polar surface area (TPSA) is 49.4 Å². The van der Waals surface area contributed by atoms with Gasteiger partial charge in [-0.15, -0.1) is 15.8 Å². The minimum absolute atomic E-state index is 0.0350. The molecule has 212 valence electrons. The van der Waals surface area contributed by atoms with E-state index in [4.69, 9.17) is 23.7 Å². The van der Waals surface area contributed by atoms with Crippen LogP contribution in [0.2, 0.25) is 0 Å². The lowest BCUT2D eigenvalue weighted by Crippen LogP contribution is -2.33. The van der Waals surface area contributed by atoms with E-state index in [0.29, 0.717) is 0 Å². The molecule has 0 atom stereocenters. The van der Waals surface area contributed by atoms with E-state index in [1.54, 1.807) is 0 Å². The Morgan fingerprint density at radius 3 is 1.09 bits per heavy atom. The minimum atomic E-state index is 0.0350. The van der Waals surface area contributed by atoms with Crippen molar-refractivity contribution in [3.8, 4) is 0 Å². The van der Waals surface area contributed by atoms with Gasteiger partial charge in [0.2, 0.25) is 0 Å². The zero-order valence-electron chi connectivity index (χ0n) is 23.9. The largest absolute Gasteiger partial charge is 0.383 e. The lowest BCUT2D eigenvalue weighted by Gasteiger charge is -2.28. The molecule has 0 fully saturated rings. The molecule has 0 aromatic carbocycles. The molecule has 0 radical (unpaired) electrons. The van der Waals surface area contributed by atoms with Crippen molar-refractivity contribution in [3.05, 3.63) is 0 Å². The maximum absolute atomic E-state index is 5.61. The lowest BCUT2D eigenvalue weighted by molar-refractivity contribution is 0.148. The first-order chi connectivity index (χ1) is 17.2. The number of nitrogens with zero attached hydrogens (tertiary/aromatic N) is 1. The molecule has 0 aliphatic carbocycles. The Morgan fingerprint density at radius 1 is 0.457 bits per heavy atom. The molecule has 6 nitrogen and oxygen atoms in total. The van der Waals surface area contributed by atoms with Crippen molar-refractivity contribution in [1.29, 1.82) is 0 Å². The third kappa shape index (κ3) is 24.7. The highest BCUT2D eigenvalue weighted by molar-refractivity contribution is 7.57. The van der Waals surface area contributed by atoms with Gasteiger partial charge in [0, 0.05) is 79.6 Å². The summed E-state index contributed by atoms with van der Waals surface area (Å²) in [6, 6.07) is 0. The van der Waals surface area contributed by atoms with Gasteiger partial charge in [-0.2, -0.15) is 0 Å². The van der Waals surface area contributed by atoms with Gasteiger partial charge in [0.15, 0.2) is 0 Å². The second-order valence-electron chi connectivity index (χ2n) is 8.72. The van der Waals surface area contributed by atoms with Crippen molar-refractivity contribution in [2.24, 2.45) is 0 Å². The monoisotopic (exact) mass is 539 g/mol. The first kappa shape index (κ1) is 35.6. The fourth-order valence-electron chi connectivity index (χ4n) is 3.93. The van der Waals surface area contributed by atoms with Crippen molar-refractivity contribution in [2.45, 2.75) is 53.4 Å². The highest BCUT2D eigenvalue weighted by Crippen LogP contribution is 2.38. The van der Waals surface area contributed by atoms with Crippen molar-refractivity contribution in [3.63, 3.8) is 0 Å². The lowest BCUT2D eigenvalue weighted by atomic mass is 10.5. The third-order valence-corrected chi connectivity index (χ3v) is 11.4. The van der Waals surface area contributed by atoms with Gasteiger partial charge in [-0.05, 0) is 90.3 Å². The summed E-state index contributed by atoms with van der Waals surface area (Å²) >= 11 is 0. The van der Waals surface area contributed by atoms with Crippen molar-refractivity contribution < 1.29 is 23.7 Å². The smallest absolute Gasteiger partial charge is 0.0589 e. The van der Waals surface area contributed by atoms with Crippen LogP contribution in [0.4, 0.5) is 0 Å². The molecular weight excluding hydrogens is 480 g/mol. The summed E-state index contributed by atoms with van der Waals surface area (Å²) in [5.74, 6) is 0. The quantitative estimate of drug-likeness (QED) is 0.0911. The highest BCUT2D eigenvalue weighted by Gasteiger charge is 2.14. The number of hydrogen-bond acceptors (Lipinski definition) is 6. The molecule has 0 spiro atoms. The second kappa shape index (κ2) is 29.2. The molecule has 0 amide bonds. The molecule has 0 saturated carbocycles. The summed E-state index contributed by atoms with van der Waals surface area (Å²) in [6.45, 7) is 19.5. The van der Waals surface area contributed by atoms with Crippen LogP contribution in [0.5, 0.6) is 0 Å². The Balaban J connectivity index is 4.72. The summed E-state index contributed by atoms with van der Waals surface area (Å²) in [5.41, 5.74) is 0. The molecular formula is C27H59NO5P2. The normalized spacial score (nSPS) is 12.0. The van der Waals surface area contributed by atoms with Gasteiger partial charge >= 0.3 is 0 Å². The fourth-order valence-corrected chi connectivity index (χ4v) is 8.71. The van der Waals surface area contributed by atoms with Gasteiger partial charge in [0.25, 0.3) is 0 Å². The summed E-state index contributed by atoms with van der Waals surface area (Å²) in [5, 5.41) is 0. The summed E-state index contributed by atoms with van der Waals surface area (Å²) in [7, 11) is 1.89. The van der Waals surface area contributed by atoms with E-state index in [-0.39, 0.29) is 15.8 Å². The van der Waals surface area contributed by atoms with Crippen LogP contribution in [0.25, 0.3) is 0 Å². The zero-order valence-corrected chi connectivity index (χ0v) is 25.7. The van der Waals surface area contributed by atoms with Crippen molar-refractivity contribution in [1.82, 2.24) is 4.90 Å². The van der Waals surface area contributed by atoms with Crippen LogP contribution in [-0.2, 0) is 23.7 Å². The second-order valence-corrected chi connectivity index (χ2v) is 14.1. The fraction of sp³-hybridized carbons (Fsp3) is 1.00. The van der Waals surface area contributed by atoms with E-state index < -0.39 is 0 Å². The first-order valence-electron chi connectivity index (χ1n) is 14.2. The predicted octanol–water partition coefficient (Wildman–Crippen LogP) is 5.61. The maximum Gasteiger partial charge on any atom is 0.0589 e. The Bertz CT molecular complexity index is 354. The number of methoxy groups -OCH3 is 1. The number of hydrogen-bond donors (Lipinski definition) is 0. The SMILES string of the molecule is CCOCCCP(CCCOCC)CCN(CCOC)CCP(CCCOCC)CCCOCC. The Hall–Kier alpha value is 0.620. The Morgan fingerprint density at radius 2 is 0.800 bits per heavy atom. The van der Waals surface area contributed by atoms with E-state index in [9.17, 15) is 0 Å². The zero-order chi connectivity index (χ0) is 25.8. The van der Waals surface area contributed by atoms with Crippen LogP contribution in [-0.4, -0.2) is 128 Å². The molecule has 0 bridgehead atoms. The molecule has 0 N–H and O–H groups in total. The molecule has 0 rings (SSSR count). The molecule has 0 aromatic heterocycles. The molecule has 8 heteroatoms. The molecule has 0 aliphatic heterocycles. The average Bonchev–Trinajstić information content (AvgIpc) is 2.87. The van der Waals surface area contributed by atoms with Crippen LogP contribution in [0.15, 0.2) is 0 Å². The summed E-state index contributed by atoms with van der Waals surface area (Å²) < 4.78 is 27.9. The van der Waals surface area contributed by atoms with E-state index in [2.05, 4.69) is 32.6 Å². The molecule has 0 saturated heterocycles. The highest BCUT2D eigenvalue weighted by atomic mass is 31.1. The first-order valence-corrected chi connectivity index (χ1v) is 18.0. The van der Waals surface area contributed by atoms with Gasteiger partial charge in [-0.3, -0.25) is 0 Å². The van der Waals surface area contributed by atoms with Gasteiger partial charge in [-0.25, -0.2) is 0 Å². The standard InChI is InChI=1S/C27H59NO5P2/c1-6-30-17-10-22-34(23-11-18-31-7-2)26-15-28(14-21-29-5)16-27-35(24-12-19-32-8-3)25-13-20-33-9-4/h6-27H2,1-5H3. The minimum Gasteiger partial charge on any atom is -0.383 e. The van der Waals surface area contributed by atoms with Crippen molar-refractivity contribution >= 4 is 15.8 Å². The van der Waals surface area contributed by atoms with Crippen LogP contribution in [0, 0.1) is 0 Å². The summed E-state index contributed by atoms with van der Waals surface area (Å²) in [6.07, 6.45) is 12.7. The average molecular weight is 540 g/mol. The van der Waals surface area contributed by atoms with Crippen LogP contribution < -0.4 is 0 Å². The maximum atomic E-state index is 5.61. The number of ether oxygens (including phenoxy) is 5. The molecule has 0 aliphatic rings. The molecule has 35 heavy (non-hydrogen) atoms. The van der Waals surface area contributed by atoms with E-state index in [1.165, 1.54) is 75.7 Å². The molecule has 0 aromatic rings. The Labute approximate surface area is 221 Å². The van der Waals surface area contributed by atoms with Gasteiger partial charge in [-0.1, -0.05) is 0 Å². The summed E-state index contributed by atoms with van der Waals surface area (Å²) in [4.78, 5) is 2.67. The van der Waals surface area contributed by atoms with Crippen LogP contribution in [0.1, 0.15) is 53.4 Å². The van der Waals surface area contributed by atoms with Gasteiger partial charge < -0.3 is 28.6 Å². The van der Waals surface area contributed by atoms with E-state index in [1.807, 2.05) is 7.11 Å². The Kier molecular flexibility index (Phi) is 29.7. The molecule has 0 unspecified atom stereocenters. The van der Waals surface area contributed by atoms with Gasteiger partial charge in [0.1, 0.15) is 0 Å². The number of rotatable bonds is 29. The molecule has 0 heterocycles. The van der Waals surface area contributed by atoms with Crippen molar-refractivity contribution in [2.75, 3.05) is 123 Å². The predicted molar refractivity (Wildman–Crippen MR) is 156 cm³/mol. The van der Waals surface area contributed by atoms with E-state index in [0.717, 1.165) is 66.0 Å². The van der Waals surface area contributed by atoms with Crippen LogP contribution >= 0.6 is 15.8 Å². The van der Waals surface area contributed by atoms with E-state index >= 15 is 0 Å².